The molecule has 34 heavy (non-hydrogen) atoms. The third-order valence-corrected chi connectivity index (χ3v) is 6.16. The van der Waals surface area contributed by atoms with Gasteiger partial charge in [-0.2, -0.15) is 5.10 Å². The van der Waals surface area contributed by atoms with Crippen LogP contribution in [0.1, 0.15) is 76.1 Å². The Morgan fingerprint density at radius 2 is 1.88 bits per heavy atom. The fraction of sp³-hybridized carbons (Fsp3) is 0.444. The van der Waals surface area contributed by atoms with E-state index in [4.69, 9.17) is 26.2 Å². The molecule has 0 unspecified atom stereocenters. The summed E-state index contributed by atoms with van der Waals surface area (Å²) in [6.07, 6.45) is 8.52. The predicted octanol–water partition coefficient (Wildman–Crippen LogP) is 6.71. The van der Waals surface area contributed by atoms with Gasteiger partial charge in [0.25, 0.3) is 0 Å². The first kappa shape index (κ1) is 25.8. The Bertz CT molecular complexity index is 1080. The van der Waals surface area contributed by atoms with E-state index in [0.29, 0.717) is 35.5 Å². The molecule has 0 aliphatic carbocycles. The van der Waals surface area contributed by atoms with E-state index in [1.807, 2.05) is 28.9 Å². The topological polar surface area (TPSA) is 66.2 Å². The van der Waals surface area contributed by atoms with Gasteiger partial charge in [0.2, 0.25) is 0 Å². The molecule has 2 aromatic heterocycles. The second-order valence-corrected chi connectivity index (χ2v) is 8.65. The molecule has 0 radical (unpaired) electrons. The van der Waals surface area contributed by atoms with Crippen molar-refractivity contribution in [1.29, 1.82) is 0 Å². The van der Waals surface area contributed by atoms with Crippen LogP contribution in [0.2, 0.25) is 5.02 Å². The van der Waals surface area contributed by atoms with Gasteiger partial charge in [0.05, 0.1) is 17.3 Å². The normalized spacial score (nSPS) is 11.1. The van der Waals surface area contributed by atoms with E-state index < -0.39 is 0 Å². The zero-order valence-electron chi connectivity index (χ0n) is 20.5. The van der Waals surface area contributed by atoms with Crippen LogP contribution in [-0.2, 0) is 17.6 Å². The van der Waals surface area contributed by atoms with Gasteiger partial charge in [-0.25, -0.2) is 9.67 Å². The third kappa shape index (κ3) is 6.38. The molecular formula is C27H34ClN3O3. The number of carbonyl (C=O) groups excluding carboxylic acids is 1. The number of hydrogen-bond acceptors (Lipinski definition) is 5. The average molecular weight is 484 g/mol. The lowest BCUT2D eigenvalue weighted by molar-refractivity contribution is -0.134. The number of benzene rings is 1. The molecule has 0 amide bonds. The maximum absolute atomic E-state index is 11.8. The molecule has 1 aromatic carbocycles. The molecule has 7 heteroatoms. The van der Waals surface area contributed by atoms with E-state index in [1.54, 1.807) is 19.2 Å². The summed E-state index contributed by atoms with van der Waals surface area (Å²) in [5.74, 6) is 2.03. The fourth-order valence-corrected chi connectivity index (χ4v) is 4.08. The smallest absolute Gasteiger partial charge is 0.311 e. The Kier molecular flexibility index (Phi) is 9.52. The van der Waals surface area contributed by atoms with Gasteiger partial charge in [0, 0.05) is 24.7 Å². The van der Waals surface area contributed by atoms with E-state index in [0.717, 1.165) is 49.2 Å². The molecule has 0 saturated carbocycles. The zero-order valence-corrected chi connectivity index (χ0v) is 21.3. The summed E-state index contributed by atoms with van der Waals surface area (Å²) in [5, 5.41) is 5.49. The van der Waals surface area contributed by atoms with Crippen molar-refractivity contribution in [2.24, 2.45) is 0 Å². The lowest BCUT2D eigenvalue weighted by atomic mass is 9.95. The summed E-state index contributed by atoms with van der Waals surface area (Å²) in [4.78, 5) is 16.3. The van der Waals surface area contributed by atoms with E-state index in [1.165, 1.54) is 5.56 Å². The van der Waals surface area contributed by atoms with Gasteiger partial charge in [-0.15, -0.1) is 0 Å². The average Bonchev–Trinajstić information content (AvgIpc) is 3.27. The van der Waals surface area contributed by atoms with E-state index in [9.17, 15) is 4.79 Å². The number of hydrogen-bond donors (Lipinski definition) is 0. The van der Waals surface area contributed by atoms with Crippen molar-refractivity contribution in [2.45, 2.75) is 72.1 Å². The van der Waals surface area contributed by atoms with Gasteiger partial charge < -0.3 is 9.47 Å². The third-order valence-electron chi connectivity index (χ3n) is 5.93. The summed E-state index contributed by atoms with van der Waals surface area (Å²) in [6.45, 7) is 8.75. The molecule has 2 heterocycles. The van der Waals surface area contributed by atoms with Crippen molar-refractivity contribution < 1.29 is 14.3 Å². The predicted molar refractivity (Wildman–Crippen MR) is 135 cm³/mol. The highest BCUT2D eigenvalue weighted by atomic mass is 35.5. The van der Waals surface area contributed by atoms with Gasteiger partial charge in [-0.1, -0.05) is 51.4 Å². The van der Waals surface area contributed by atoms with Crippen molar-refractivity contribution in [3.63, 3.8) is 0 Å². The maximum atomic E-state index is 11.8. The number of aryl methyl sites for hydroxylation is 2. The lowest BCUT2D eigenvalue weighted by Gasteiger charge is -2.15. The van der Waals surface area contributed by atoms with Crippen molar-refractivity contribution in [3.05, 3.63) is 64.6 Å². The molecule has 0 aliphatic rings. The number of ether oxygens (including phenoxy) is 2. The van der Waals surface area contributed by atoms with Crippen molar-refractivity contribution in [3.8, 4) is 17.3 Å². The maximum Gasteiger partial charge on any atom is 0.311 e. The second-order valence-electron chi connectivity index (χ2n) is 8.21. The van der Waals surface area contributed by atoms with Crippen molar-refractivity contribution >= 4 is 17.6 Å². The lowest BCUT2D eigenvalue weighted by Crippen LogP contribution is -2.09. The summed E-state index contributed by atoms with van der Waals surface area (Å²) in [6, 6.07) is 9.39. The van der Waals surface area contributed by atoms with Crippen LogP contribution < -0.4 is 9.47 Å². The highest BCUT2D eigenvalue weighted by Crippen LogP contribution is 2.33. The highest BCUT2D eigenvalue weighted by molar-refractivity contribution is 6.30. The zero-order chi connectivity index (χ0) is 24.5. The van der Waals surface area contributed by atoms with Gasteiger partial charge >= 0.3 is 5.97 Å². The first-order valence-electron chi connectivity index (χ1n) is 12.2. The summed E-state index contributed by atoms with van der Waals surface area (Å²) in [5.41, 5.74) is 3.35. The van der Waals surface area contributed by atoms with E-state index in [2.05, 4.69) is 32.0 Å². The van der Waals surface area contributed by atoms with Crippen LogP contribution in [0, 0.1) is 0 Å². The number of pyridine rings is 1. The number of rotatable bonds is 12. The van der Waals surface area contributed by atoms with Crippen molar-refractivity contribution in [1.82, 2.24) is 14.8 Å². The summed E-state index contributed by atoms with van der Waals surface area (Å²) < 4.78 is 13.5. The Hall–Kier alpha value is -2.86. The summed E-state index contributed by atoms with van der Waals surface area (Å²) >= 11 is 6.00. The SMILES string of the molecule is CCC(=O)Oc1cccc(CC)c1OCCCc1cn(-c2ccc(Cl)cn2)nc1C(CC)CC. The molecule has 0 saturated heterocycles. The van der Waals surface area contributed by atoms with Crippen LogP contribution in [0.25, 0.3) is 5.82 Å². The Labute approximate surface area is 207 Å². The molecule has 0 spiro atoms. The quantitative estimate of drug-likeness (QED) is 0.162. The number of halogens is 1. The first-order chi connectivity index (χ1) is 16.5. The Balaban J connectivity index is 1.74. The number of para-hydroxylation sites is 1. The van der Waals surface area contributed by atoms with Crippen LogP contribution >= 0.6 is 11.6 Å². The van der Waals surface area contributed by atoms with Crippen LogP contribution in [-0.4, -0.2) is 27.3 Å². The minimum absolute atomic E-state index is 0.267. The molecular weight excluding hydrogens is 450 g/mol. The molecule has 0 aliphatic heterocycles. The van der Waals surface area contributed by atoms with E-state index >= 15 is 0 Å². The minimum Gasteiger partial charge on any atom is -0.489 e. The van der Waals surface area contributed by atoms with E-state index in [-0.39, 0.29) is 5.97 Å². The van der Waals surface area contributed by atoms with Gasteiger partial charge in [-0.05, 0) is 61.4 Å². The second kappa shape index (κ2) is 12.6. The number of aromatic nitrogens is 3. The van der Waals surface area contributed by atoms with Gasteiger partial charge in [0.15, 0.2) is 17.3 Å². The molecule has 182 valence electrons. The monoisotopic (exact) mass is 483 g/mol. The standard InChI is InChI=1S/C27H34ClN3O3/c1-5-19(6-2)26-21(18-31(30-26)24-15-14-22(28)17-29-24)12-10-16-33-27-20(7-3)11-9-13-23(27)34-25(32)8-4/h9,11,13-15,17-19H,5-8,10,12,16H2,1-4H3. The van der Waals surface area contributed by atoms with Crippen LogP contribution in [0.3, 0.4) is 0 Å². The summed E-state index contributed by atoms with van der Waals surface area (Å²) in [7, 11) is 0. The van der Waals surface area contributed by atoms with Crippen LogP contribution in [0.15, 0.2) is 42.7 Å². The fourth-order valence-electron chi connectivity index (χ4n) is 3.97. The van der Waals surface area contributed by atoms with Gasteiger partial charge in [-0.3, -0.25) is 4.79 Å². The number of esters is 1. The molecule has 0 atom stereocenters. The molecule has 0 N–H and O–H groups in total. The first-order valence-corrected chi connectivity index (χ1v) is 12.5. The highest BCUT2D eigenvalue weighted by Gasteiger charge is 2.18. The largest absolute Gasteiger partial charge is 0.489 e. The molecule has 0 bridgehead atoms. The van der Waals surface area contributed by atoms with Crippen molar-refractivity contribution in [2.75, 3.05) is 6.61 Å². The number of nitrogens with zero attached hydrogens (tertiary/aromatic N) is 3. The molecule has 3 rings (SSSR count). The Morgan fingerprint density at radius 1 is 1.09 bits per heavy atom. The van der Waals surface area contributed by atoms with Crippen LogP contribution in [0.4, 0.5) is 0 Å². The van der Waals surface area contributed by atoms with Gasteiger partial charge in [0.1, 0.15) is 0 Å². The Morgan fingerprint density at radius 3 is 2.53 bits per heavy atom. The molecule has 6 nitrogen and oxygen atoms in total. The minimum atomic E-state index is -0.267. The number of carbonyl (C=O) groups is 1. The molecule has 3 aromatic rings. The van der Waals surface area contributed by atoms with Crippen LogP contribution in [0.5, 0.6) is 11.5 Å². The molecule has 0 fully saturated rings.